The number of sulfonamides is 1. The normalized spacial score (nSPS) is 15.1. The fourth-order valence-electron chi connectivity index (χ4n) is 0.588. The van der Waals surface area contributed by atoms with Crippen LogP contribution in [0.15, 0.2) is 0 Å². The Hall–Kier alpha value is 0.200. The Kier molecular flexibility index (Phi) is 4.24. The second-order valence-corrected chi connectivity index (χ2v) is 4.43. The topological polar surface area (TPSA) is 46.2 Å². The van der Waals surface area contributed by atoms with Gasteiger partial charge in [0.25, 0.3) is 0 Å². The molecule has 0 unspecified atom stereocenters. The molecule has 0 bridgehead atoms. The Balaban J connectivity index is 3.69. The first kappa shape index (κ1) is 10.2. The monoisotopic (exact) mass is 185 g/mol. The third-order valence-electron chi connectivity index (χ3n) is 0.957. The molecular weight excluding hydrogens is 174 g/mol. The van der Waals surface area contributed by atoms with Crippen LogP contribution in [-0.2, 0) is 10.0 Å². The summed E-state index contributed by atoms with van der Waals surface area (Å²) < 4.78 is 23.5. The molecule has 3 nitrogen and oxygen atoms in total. The lowest BCUT2D eigenvalue weighted by atomic mass is 10.3. The van der Waals surface area contributed by atoms with Crippen LogP contribution in [0.3, 0.4) is 0 Å². The van der Waals surface area contributed by atoms with Gasteiger partial charge in [0.15, 0.2) is 0 Å². The highest BCUT2D eigenvalue weighted by Crippen LogP contribution is 1.93. The van der Waals surface area contributed by atoms with Gasteiger partial charge >= 0.3 is 0 Å². The highest BCUT2D eigenvalue weighted by Gasteiger charge is 2.06. The SMILES string of the molecule is C[C@@H](CCCl)NS(C)(=O)=O. The van der Waals surface area contributed by atoms with Crippen molar-refractivity contribution in [3.8, 4) is 0 Å². The van der Waals surface area contributed by atoms with Gasteiger partial charge in [0, 0.05) is 11.9 Å². The van der Waals surface area contributed by atoms with Gasteiger partial charge in [-0.15, -0.1) is 11.6 Å². The average Bonchev–Trinajstić information content (AvgIpc) is 1.59. The number of hydrogen-bond acceptors (Lipinski definition) is 2. The first-order chi connectivity index (χ1) is 4.45. The van der Waals surface area contributed by atoms with Crippen LogP contribution < -0.4 is 4.72 Å². The summed E-state index contributed by atoms with van der Waals surface area (Å²) in [7, 11) is -3.05. The fraction of sp³-hybridized carbons (Fsp3) is 1.00. The molecule has 0 radical (unpaired) electrons. The van der Waals surface area contributed by atoms with Gasteiger partial charge in [-0.3, -0.25) is 0 Å². The molecule has 0 aliphatic rings. The molecule has 0 spiro atoms. The van der Waals surface area contributed by atoms with Gasteiger partial charge in [0.1, 0.15) is 0 Å². The molecule has 0 heterocycles. The fourth-order valence-corrected chi connectivity index (χ4v) is 1.76. The van der Waals surface area contributed by atoms with Crippen LogP contribution in [0.5, 0.6) is 0 Å². The lowest BCUT2D eigenvalue weighted by Crippen LogP contribution is -2.31. The molecule has 0 aromatic rings. The van der Waals surface area contributed by atoms with Crippen LogP contribution >= 0.6 is 11.6 Å². The van der Waals surface area contributed by atoms with E-state index < -0.39 is 10.0 Å². The zero-order valence-electron chi connectivity index (χ0n) is 6.09. The lowest BCUT2D eigenvalue weighted by molar-refractivity contribution is 0.562. The van der Waals surface area contributed by atoms with Crippen molar-refractivity contribution in [1.82, 2.24) is 4.72 Å². The zero-order chi connectivity index (χ0) is 8.20. The second kappa shape index (κ2) is 4.16. The first-order valence-electron chi connectivity index (χ1n) is 2.99. The summed E-state index contributed by atoms with van der Waals surface area (Å²) in [5.74, 6) is 0.476. The Morgan fingerprint density at radius 1 is 1.60 bits per heavy atom. The minimum absolute atomic E-state index is 0.0625. The van der Waals surface area contributed by atoms with E-state index in [0.29, 0.717) is 12.3 Å². The van der Waals surface area contributed by atoms with Crippen LogP contribution in [0.4, 0.5) is 0 Å². The van der Waals surface area contributed by atoms with E-state index in [0.717, 1.165) is 6.26 Å². The van der Waals surface area contributed by atoms with Crippen LogP contribution in [0.2, 0.25) is 0 Å². The number of hydrogen-bond donors (Lipinski definition) is 1. The van der Waals surface area contributed by atoms with Crippen molar-refractivity contribution in [2.24, 2.45) is 0 Å². The average molecular weight is 186 g/mol. The molecule has 0 saturated carbocycles. The lowest BCUT2D eigenvalue weighted by Gasteiger charge is -2.08. The quantitative estimate of drug-likeness (QED) is 0.651. The number of halogens is 1. The molecular formula is C5H12ClNO2S. The van der Waals surface area contributed by atoms with Crippen LogP contribution in [0.25, 0.3) is 0 Å². The van der Waals surface area contributed by atoms with Gasteiger partial charge in [0.2, 0.25) is 10.0 Å². The maximum atomic E-state index is 10.6. The third kappa shape index (κ3) is 6.32. The number of alkyl halides is 1. The molecule has 0 rings (SSSR count). The highest BCUT2D eigenvalue weighted by molar-refractivity contribution is 7.88. The Labute approximate surface area is 66.8 Å². The number of rotatable bonds is 4. The Bertz CT molecular complexity index is 178. The van der Waals surface area contributed by atoms with Crippen LogP contribution in [-0.4, -0.2) is 26.6 Å². The van der Waals surface area contributed by atoms with Gasteiger partial charge < -0.3 is 0 Å². The molecule has 0 amide bonds. The van der Waals surface area contributed by atoms with Crippen LogP contribution in [0, 0.1) is 0 Å². The van der Waals surface area contributed by atoms with E-state index in [1.807, 2.05) is 0 Å². The van der Waals surface area contributed by atoms with E-state index >= 15 is 0 Å². The smallest absolute Gasteiger partial charge is 0.208 e. The van der Waals surface area contributed by atoms with E-state index in [-0.39, 0.29) is 6.04 Å². The van der Waals surface area contributed by atoms with Crippen molar-refractivity contribution in [3.05, 3.63) is 0 Å². The zero-order valence-corrected chi connectivity index (χ0v) is 7.67. The highest BCUT2D eigenvalue weighted by atomic mass is 35.5. The van der Waals surface area contributed by atoms with E-state index in [1.165, 1.54) is 0 Å². The molecule has 5 heteroatoms. The number of nitrogens with one attached hydrogen (secondary N) is 1. The molecule has 0 aliphatic carbocycles. The standard InChI is InChI=1S/C5H12ClNO2S/c1-5(3-4-6)7-10(2,8)9/h5,7H,3-4H2,1-2H3/t5-/m0/s1. The predicted molar refractivity (Wildman–Crippen MR) is 42.8 cm³/mol. The van der Waals surface area contributed by atoms with E-state index in [4.69, 9.17) is 11.6 Å². The summed E-state index contributed by atoms with van der Waals surface area (Å²) in [5, 5.41) is 0. The second-order valence-electron chi connectivity index (χ2n) is 2.27. The largest absolute Gasteiger partial charge is 0.213 e. The van der Waals surface area contributed by atoms with Crippen molar-refractivity contribution in [2.75, 3.05) is 12.1 Å². The minimum Gasteiger partial charge on any atom is -0.213 e. The van der Waals surface area contributed by atoms with E-state index in [2.05, 4.69) is 4.72 Å². The maximum Gasteiger partial charge on any atom is 0.208 e. The van der Waals surface area contributed by atoms with E-state index in [9.17, 15) is 8.42 Å². The predicted octanol–water partition coefficient (Wildman–Crippen LogP) is 0.553. The third-order valence-corrected chi connectivity index (χ3v) is 2.01. The van der Waals surface area contributed by atoms with Crippen molar-refractivity contribution in [1.29, 1.82) is 0 Å². The van der Waals surface area contributed by atoms with Crippen molar-refractivity contribution in [3.63, 3.8) is 0 Å². The Morgan fingerprint density at radius 2 is 2.10 bits per heavy atom. The summed E-state index contributed by atoms with van der Waals surface area (Å²) >= 11 is 5.39. The molecule has 0 aromatic carbocycles. The summed E-state index contributed by atoms with van der Waals surface area (Å²) in [6.45, 7) is 1.78. The summed E-state index contributed by atoms with van der Waals surface area (Å²) in [6, 6.07) is -0.0625. The molecule has 0 saturated heterocycles. The van der Waals surface area contributed by atoms with E-state index in [1.54, 1.807) is 6.92 Å². The molecule has 10 heavy (non-hydrogen) atoms. The van der Waals surface area contributed by atoms with Crippen molar-refractivity contribution < 1.29 is 8.42 Å². The summed E-state index contributed by atoms with van der Waals surface area (Å²) in [5.41, 5.74) is 0. The Morgan fingerprint density at radius 3 is 2.40 bits per heavy atom. The molecule has 0 fully saturated rings. The van der Waals surface area contributed by atoms with Gasteiger partial charge in [-0.05, 0) is 13.3 Å². The molecule has 62 valence electrons. The van der Waals surface area contributed by atoms with Crippen molar-refractivity contribution >= 4 is 21.6 Å². The molecule has 1 N–H and O–H groups in total. The molecule has 1 atom stereocenters. The molecule has 0 aliphatic heterocycles. The van der Waals surface area contributed by atoms with Gasteiger partial charge in [-0.1, -0.05) is 0 Å². The van der Waals surface area contributed by atoms with Gasteiger partial charge in [-0.25, -0.2) is 13.1 Å². The van der Waals surface area contributed by atoms with Crippen molar-refractivity contribution in [2.45, 2.75) is 19.4 Å². The summed E-state index contributed by atoms with van der Waals surface area (Å²) in [6.07, 6.45) is 1.80. The van der Waals surface area contributed by atoms with Gasteiger partial charge in [0.05, 0.1) is 6.26 Å². The van der Waals surface area contributed by atoms with Crippen LogP contribution in [0.1, 0.15) is 13.3 Å². The minimum atomic E-state index is -3.05. The van der Waals surface area contributed by atoms with Gasteiger partial charge in [-0.2, -0.15) is 0 Å². The summed E-state index contributed by atoms with van der Waals surface area (Å²) in [4.78, 5) is 0. The molecule has 0 aromatic heterocycles. The first-order valence-corrected chi connectivity index (χ1v) is 5.41. The maximum absolute atomic E-state index is 10.6.